The fourth-order valence-corrected chi connectivity index (χ4v) is 2.47. The molecule has 0 saturated heterocycles. The van der Waals surface area contributed by atoms with Crippen molar-refractivity contribution in [2.45, 2.75) is 0 Å². The molecule has 1 nitrogen and oxygen atoms in total. The first-order valence-corrected chi connectivity index (χ1v) is 6.34. The summed E-state index contributed by atoms with van der Waals surface area (Å²) in [5.74, 6) is -0.271. The highest BCUT2D eigenvalue weighted by Gasteiger charge is 2.06. The van der Waals surface area contributed by atoms with Crippen LogP contribution in [0.2, 0.25) is 0 Å². The van der Waals surface area contributed by atoms with E-state index >= 15 is 0 Å². The van der Waals surface area contributed by atoms with Gasteiger partial charge in [0.25, 0.3) is 0 Å². The summed E-state index contributed by atoms with van der Waals surface area (Å²) in [6.07, 6.45) is 0. The van der Waals surface area contributed by atoms with Crippen LogP contribution < -0.4 is 0 Å². The van der Waals surface area contributed by atoms with Crippen molar-refractivity contribution in [2.75, 3.05) is 0 Å². The van der Waals surface area contributed by atoms with E-state index in [2.05, 4.69) is 20.9 Å². The Morgan fingerprint density at radius 2 is 1.72 bits per heavy atom. The molecular formula is C15H9BrFN. The van der Waals surface area contributed by atoms with E-state index in [9.17, 15) is 4.39 Å². The Morgan fingerprint density at radius 3 is 2.50 bits per heavy atom. The molecule has 0 aliphatic rings. The lowest BCUT2D eigenvalue weighted by atomic mass is 10.1. The molecule has 0 spiro atoms. The van der Waals surface area contributed by atoms with E-state index in [4.69, 9.17) is 0 Å². The van der Waals surface area contributed by atoms with Crippen molar-refractivity contribution in [2.24, 2.45) is 0 Å². The summed E-state index contributed by atoms with van der Waals surface area (Å²) in [5.41, 5.74) is 2.51. The van der Waals surface area contributed by atoms with Gasteiger partial charge < -0.3 is 0 Å². The third kappa shape index (κ3) is 2.02. The first kappa shape index (κ1) is 11.4. The lowest BCUT2D eigenvalue weighted by Crippen LogP contribution is -1.87. The molecule has 0 radical (unpaired) electrons. The van der Waals surface area contributed by atoms with Gasteiger partial charge in [0.05, 0.1) is 11.2 Å². The summed E-state index contributed by atoms with van der Waals surface area (Å²) in [5, 5.41) is 0.913. The highest BCUT2D eigenvalue weighted by molar-refractivity contribution is 9.10. The first-order valence-electron chi connectivity index (χ1n) is 5.55. The summed E-state index contributed by atoms with van der Waals surface area (Å²) < 4.78 is 14.2. The molecule has 1 aromatic heterocycles. The third-order valence-corrected chi connectivity index (χ3v) is 3.45. The number of nitrogens with zero attached hydrogens (tertiary/aromatic N) is 1. The quantitative estimate of drug-likeness (QED) is 0.629. The molecule has 0 fully saturated rings. The lowest BCUT2D eigenvalue weighted by Gasteiger charge is -2.05. The lowest BCUT2D eigenvalue weighted by molar-refractivity contribution is 0.629. The maximum absolute atomic E-state index is 13.2. The zero-order chi connectivity index (χ0) is 12.5. The van der Waals surface area contributed by atoms with Gasteiger partial charge in [-0.2, -0.15) is 0 Å². The number of fused-ring (bicyclic) bond motifs is 1. The van der Waals surface area contributed by atoms with E-state index in [-0.39, 0.29) is 5.82 Å². The number of halogens is 2. The molecule has 0 bridgehead atoms. The minimum absolute atomic E-state index is 0.271. The van der Waals surface area contributed by atoms with Crippen LogP contribution in [0.3, 0.4) is 0 Å². The minimum Gasteiger partial charge on any atom is -0.248 e. The fraction of sp³-hybridized carbons (Fsp3) is 0. The number of hydrogen-bond donors (Lipinski definition) is 0. The molecule has 0 aliphatic heterocycles. The molecular weight excluding hydrogens is 293 g/mol. The van der Waals surface area contributed by atoms with E-state index in [1.54, 1.807) is 6.07 Å². The maximum atomic E-state index is 13.2. The van der Waals surface area contributed by atoms with Crippen LogP contribution in [0.1, 0.15) is 0 Å². The van der Waals surface area contributed by atoms with Crippen molar-refractivity contribution in [1.82, 2.24) is 4.98 Å². The first-order chi connectivity index (χ1) is 8.74. The van der Waals surface area contributed by atoms with E-state index in [0.717, 1.165) is 21.1 Å². The molecule has 3 rings (SSSR count). The molecule has 0 saturated carbocycles. The van der Waals surface area contributed by atoms with Crippen LogP contribution in [0.4, 0.5) is 4.39 Å². The zero-order valence-electron chi connectivity index (χ0n) is 9.40. The summed E-state index contributed by atoms with van der Waals surface area (Å²) in [7, 11) is 0. The Morgan fingerprint density at radius 1 is 0.944 bits per heavy atom. The van der Waals surface area contributed by atoms with Crippen molar-refractivity contribution in [3.8, 4) is 11.3 Å². The monoisotopic (exact) mass is 301 g/mol. The smallest absolute Gasteiger partial charge is 0.125 e. The van der Waals surface area contributed by atoms with Crippen LogP contribution >= 0.6 is 15.9 Å². The molecule has 3 heteroatoms. The summed E-state index contributed by atoms with van der Waals surface area (Å²) in [6, 6.07) is 16.4. The number of pyridine rings is 1. The van der Waals surface area contributed by atoms with Crippen molar-refractivity contribution < 1.29 is 4.39 Å². The highest BCUT2D eigenvalue weighted by atomic mass is 79.9. The summed E-state index contributed by atoms with van der Waals surface area (Å²) in [4.78, 5) is 4.50. The minimum atomic E-state index is -0.271. The predicted octanol–water partition coefficient (Wildman–Crippen LogP) is 4.80. The van der Waals surface area contributed by atoms with Crippen molar-refractivity contribution in [3.05, 3.63) is 64.9 Å². The topological polar surface area (TPSA) is 12.9 Å². The van der Waals surface area contributed by atoms with Crippen molar-refractivity contribution in [1.29, 1.82) is 0 Å². The highest BCUT2D eigenvalue weighted by Crippen LogP contribution is 2.28. The largest absolute Gasteiger partial charge is 0.248 e. The van der Waals surface area contributed by atoms with E-state index in [0.29, 0.717) is 5.52 Å². The zero-order valence-corrected chi connectivity index (χ0v) is 11.0. The molecule has 0 aliphatic carbocycles. The second kappa shape index (κ2) is 4.50. The van der Waals surface area contributed by atoms with Gasteiger partial charge in [0.2, 0.25) is 0 Å². The van der Waals surface area contributed by atoms with Gasteiger partial charge in [-0.25, -0.2) is 9.37 Å². The van der Waals surface area contributed by atoms with Crippen LogP contribution in [0.25, 0.3) is 22.2 Å². The van der Waals surface area contributed by atoms with Gasteiger partial charge >= 0.3 is 0 Å². The van der Waals surface area contributed by atoms with Gasteiger partial charge in [-0.15, -0.1) is 0 Å². The molecule has 0 unspecified atom stereocenters. The third-order valence-electron chi connectivity index (χ3n) is 2.79. The van der Waals surface area contributed by atoms with Gasteiger partial charge in [0, 0.05) is 21.5 Å². The Balaban J connectivity index is 2.27. The van der Waals surface area contributed by atoms with Gasteiger partial charge in [-0.05, 0) is 18.2 Å². The van der Waals surface area contributed by atoms with Gasteiger partial charge in [0.1, 0.15) is 5.82 Å². The van der Waals surface area contributed by atoms with Crippen molar-refractivity contribution >= 4 is 26.8 Å². The van der Waals surface area contributed by atoms with E-state index in [1.807, 2.05) is 36.4 Å². The fourth-order valence-electron chi connectivity index (χ4n) is 1.92. The SMILES string of the molecule is Fc1ccc2c(Br)cc(-c3ccccc3)nc2c1. The van der Waals surface area contributed by atoms with E-state index in [1.165, 1.54) is 12.1 Å². The molecule has 0 amide bonds. The average Bonchev–Trinajstić information content (AvgIpc) is 2.39. The molecule has 1 heterocycles. The van der Waals surface area contributed by atoms with Crippen LogP contribution in [-0.4, -0.2) is 4.98 Å². The average molecular weight is 302 g/mol. The molecule has 0 N–H and O–H groups in total. The van der Waals surface area contributed by atoms with Gasteiger partial charge in [0.15, 0.2) is 0 Å². The Kier molecular flexibility index (Phi) is 2.84. The number of benzene rings is 2. The van der Waals surface area contributed by atoms with Gasteiger partial charge in [-0.1, -0.05) is 46.3 Å². The maximum Gasteiger partial charge on any atom is 0.125 e. The summed E-state index contributed by atoms with van der Waals surface area (Å²) >= 11 is 3.51. The van der Waals surface area contributed by atoms with Crippen molar-refractivity contribution in [3.63, 3.8) is 0 Å². The Hall–Kier alpha value is -1.74. The van der Waals surface area contributed by atoms with Crippen LogP contribution in [0.5, 0.6) is 0 Å². The Bertz CT molecular complexity index is 710. The number of rotatable bonds is 1. The molecule has 3 aromatic rings. The predicted molar refractivity (Wildman–Crippen MR) is 74.8 cm³/mol. The molecule has 2 aromatic carbocycles. The van der Waals surface area contributed by atoms with Crippen LogP contribution in [-0.2, 0) is 0 Å². The van der Waals surface area contributed by atoms with Crippen LogP contribution in [0, 0.1) is 5.82 Å². The standard InChI is InChI=1S/C15H9BrFN/c16-13-9-14(10-4-2-1-3-5-10)18-15-8-11(17)6-7-12(13)15/h1-9H. The molecule has 88 valence electrons. The number of hydrogen-bond acceptors (Lipinski definition) is 1. The molecule has 18 heavy (non-hydrogen) atoms. The Labute approximate surface area is 112 Å². The molecule has 0 atom stereocenters. The second-order valence-corrected chi connectivity index (χ2v) is 4.87. The number of aromatic nitrogens is 1. The normalized spacial score (nSPS) is 10.8. The summed E-state index contributed by atoms with van der Waals surface area (Å²) in [6.45, 7) is 0. The van der Waals surface area contributed by atoms with E-state index < -0.39 is 0 Å². The second-order valence-electron chi connectivity index (χ2n) is 4.02. The van der Waals surface area contributed by atoms with Crippen LogP contribution in [0.15, 0.2) is 59.1 Å². The van der Waals surface area contributed by atoms with Gasteiger partial charge in [-0.3, -0.25) is 0 Å².